The monoisotopic (exact) mass is 302 g/mol. The van der Waals surface area contributed by atoms with Crippen molar-refractivity contribution in [2.24, 2.45) is 0 Å². The first kappa shape index (κ1) is 14.7. The molecule has 2 rings (SSSR count). The molecule has 19 heavy (non-hydrogen) atoms. The number of halogens is 2. The fourth-order valence-electron chi connectivity index (χ4n) is 2.30. The number of piperazine rings is 1. The van der Waals surface area contributed by atoms with Crippen LogP contribution in [0.15, 0.2) is 12.1 Å². The van der Waals surface area contributed by atoms with Gasteiger partial charge in [0.15, 0.2) is 0 Å². The van der Waals surface area contributed by atoms with Crippen molar-refractivity contribution in [1.29, 1.82) is 0 Å². The maximum Gasteiger partial charge on any atom is 0.0721 e. The quantitative estimate of drug-likeness (QED) is 0.841. The zero-order chi connectivity index (χ0) is 14.0. The molecule has 1 aliphatic heterocycles. The molecule has 0 aliphatic carbocycles. The summed E-state index contributed by atoms with van der Waals surface area (Å²) in [6.45, 7) is 4.03. The van der Waals surface area contributed by atoms with Crippen molar-refractivity contribution in [2.45, 2.75) is 6.04 Å². The first-order valence-electron chi connectivity index (χ1n) is 6.34. The van der Waals surface area contributed by atoms with E-state index in [1.54, 1.807) is 12.1 Å². The fourth-order valence-corrected chi connectivity index (χ4v) is 2.94. The van der Waals surface area contributed by atoms with E-state index >= 15 is 0 Å². The molecule has 0 spiro atoms. The summed E-state index contributed by atoms with van der Waals surface area (Å²) >= 11 is 12.3. The molecule has 1 heterocycles. The van der Waals surface area contributed by atoms with Gasteiger partial charge in [0, 0.05) is 37.9 Å². The van der Waals surface area contributed by atoms with Crippen LogP contribution in [-0.2, 0) is 0 Å². The molecule has 0 amide bonds. The van der Waals surface area contributed by atoms with Crippen LogP contribution in [0.25, 0.3) is 0 Å². The van der Waals surface area contributed by atoms with Gasteiger partial charge < -0.3 is 16.0 Å². The molecule has 1 aliphatic rings. The van der Waals surface area contributed by atoms with Crippen LogP contribution in [0.5, 0.6) is 0 Å². The second-order valence-corrected chi connectivity index (χ2v) is 5.95. The number of nitrogens with zero attached hydrogens (tertiary/aromatic N) is 2. The summed E-state index contributed by atoms with van der Waals surface area (Å²) in [5, 5.41) is 4.47. The van der Waals surface area contributed by atoms with Gasteiger partial charge in [-0.3, -0.25) is 4.90 Å². The Morgan fingerprint density at radius 1 is 1.26 bits per heavy atom. The third kappa shape index (κ3) is 3.66. The van der Waals surface area contributed by atoms with Gasteiger partial charge in [-0.05, 0) is 26.2 Å². The first-order valence-corrected chi connectivity index (χ1v) is 7.10. The molecule has 0 radical (unpaired) electrons. The van der Waals surface area contributed by atoms with Gasteiger partial charge in [-0.2, -0.15) is 0 Å². The Bertz CT molecular complexity index is 429. The van der Waals surface area contributed by atoms with Gasteiger partial charge in [-0.1, -0.05) is 23.2 Å². The van der Waals surface area contributed by atoms with Crippen LogP contribution in [0.3, 0.4) is 0 Å². The van der Waals surface area contributed by atoms with Gasteiger partial charge in [-0.25, -0.2) is 0 Å². The van der Waals surface area contributed by atoms with Crippen molar-refractivity contribution in [3.8, 4) is 0 Å². The van der Waals surface area contributed by atoms with E-state index in [0.717, 1.165) is 31.9 Å². The topological polar surface area (TPSA) is 44.5 Å². The molecular formula is C13H20Cl2N4. The van der Waals surface area contributed by atoms with Crippen LogP contribution in [0.4, 0.5) is 11.4 Å². The Morgan fingerprint density at radius 3 is 2.53 bits per heavy atom. The molecule has 0 saturated carbocycles. The molecule has 1 atom stereocenters. The molecule has 0 bridgehead atoms. The predicted molar refractivity (Wildman–Crippen MR) is 83.3 cm³/mol. The third-order valence-electron chi connectivity index (χ3n) is 3.56. The lowest BCUT2D eigenvalue weighted by Crippen LogP contribution is -2.52. The highest BCUT2D eigenvalue weighted by molar-refractivity contribution is 6.39. The minimum Gasteiger partial charge on any atom is -0.399 e. The zero-order valence-corrected chi connectivity index (χ0v) is 12.8. The Kier molecular flexibility index (Phi) is 4.79. The van der Waals surface area contributed by atoms with Crippen LogP contribution < -0.4 is 11.1 Å². The normalized spacial score (nSPS) is 21.6. The van der Waals surface area contributed by atoms with Crippen molar-refractivity contribution in [1.82, 2.24) is 9.80 Å². The number of benzene rings is 1. The van der Waals surface area contributed by atoms with E-state index in [1.807, 2.05) is 0 Å². The molecule has 1 aromatic carbocycles. The highest BCUT2D eigenvalue weighted by atomic mass is 35.5. The smallest absolute Gasteiger partial charge is 0.0721 e. The number of likely N-dealkylation sites (N-methyl/N-ethyl adjacent to an activating group) is 2. The highest BCUT2D eigenvalue weighted by Gasteiger charge is 2.22. The van der Waals surface area contributed by atoms with E-state index in [1.165, 1.54) is 0 Å². The van der Waals surface area contributed by atoms with Crippen LogP contribution in [0, 0.1) is 0 Å². The summed E-state index contributed by atoms with van der Waals surface area (Å²) < 4.78 is 0. The van der Waals surface area contributed by atoms with Crippen LogP contribution in [0.2, 0.25) is 10.0 Å². The molecule has 0 aromatic heterocycles. The maximum atomic E-state index is 6.17. The van der Waals surface area contributed by atoms with Crippen LogP contribution in [0.1, 0.15) is 0 Å². The Hall–Kier alpha value is -0.680. The van der Waals surface area contributed by atoms with Crippen LogP contribution in [-0.4, -0.2) is 56.1 Å². The second-order valence-electron chi connectivity index (χ2n) is 5.14. The van der Waals surface area contributed by atoms with Gasteiger partial charge in [0.2, 0.25) is 0 Å². The molecule has 1 unspecified atom stereocenters. The second kappa shape index (κ2) is 6.18. The van der Waals surface area contributed by atoms with Gasteiger partial charge in [0.25, 0.3) is 0 Å². The van der Waals surface area contributed by atoms with E-state index in [4.69, 9.17) is 28.9 Å². The van der Waals surface area contributed by atoms with E-state index in [0.29, 0.717) is 21.8 Å². The van der Waals surface area contributed by atoms with E-state index in [-0.39, 0.29) is 0 Å². The number of hydrogen-bond donors (Lipinski definition) is 2. The lowest BCUT2D eigenvalue weighted by molar-refractivity contribution is 0.122. The Labute approximate surface area is 124 Å². The Balaban J connectivity index is 2.02. The predicted octanol–water partition coefficient (Wildman–Crippen LogP) is 2.23. The van der Waals surface area contributed by atoms with Gasteiger partial charge in [0.05, 0.1) is 15.7 Å². The van der Waals surface area contributed by atoms with Crippen LogP contribution >= 0.6 is 23.2 Å². The summed E-state index contributed by atoms with van der Waals surface area (Å²) in [6, 6.07) is 3.88. The molecule has 1 aromatic rings. The van der Waals surface area contributed by atoms with Gasteiger partial charge in [0.1, 0.15) is 0 Å². The minimum absolute atomic E-state index is 0.448. The lowest BCUT2D eigenvalue weighted by Gasteiger charge is -2.38. The zero-order valence-electron chi connectivity index (χ0n) is 11.3. The number of nitrogens with one attached hydrogen (secondary N) is 1. The van der Waals surface area contributed by atoms with E-state index in [9.17, 15) is 0 Å². The van der Waals surface area contributed by atoms with Crippen molar-refractivity contribution in [2.75, 3.05) is 51.3 Å². The number of nitrogen functional groups attached to an aromatic ring is 1. The minimum atomic E-state index is 0.448. The standard InChI is InChI=1S/C13H20Cl2N4/c1-18-3-4-19(2)10(8-18)7-17-13-11(14)5-9(16)6-12(13)15/h5-6,10,17H,3-4,7-8,16H2,1-2H3. The SMILES string of the molecule is CN1CCN(C)C(CNc2c(Cl)cc(N)cc2Cl)C1. The molecule has 4 nitrogen and oxygen atoms in total. The fraction of sp³-hybridized carbons (Fsp3) is 0.538. The summed E-state index contributed by atoms with van der Waals surface area (Å²) in [7, 11) is 4.29. The third-order valence-corrected chi connectivity index (χ3v) is 4.16. The molecule has 3 N–H and O–H groups in total. The summed E-state index contributed by atoms with van der Waals surface area (Å²) in [5.41, 5.74) is 7.04. The summed E-state index contributed by atoms with van der Waals surface area (Å²) in [5.74, 6) is 0. The van der Waals surface area contributed by atoms with Gasteiger partial charge in [-0.15, -0.1) is 0 Å². The lowest BCUT2D eigenvalue weighted by atomic mass is 10.2. The van der Waals surface area contributed by atoms with Crippen molar-refractivity contribution in [3.05, 3.63) is 22.2 Å². The number of hydrogen-bond acceptors (Lipinski definition) is 4. The average Bonchev–Trinajstić information content (AvgIpc) is 2.32. The molecule has 106 valence electrons. The number of nitrogens with two attached hydrogens (primary N) is 1. The Morgan fingerprint density at radius 2 is 1.89 bits per heavy atom. The van der Waals surface area contributed by atoms with Crippen molar-refractivity contribution in [3.63, 3.8) is 0 Å². The summed E-state index contributed by atoms with van der Waals surface area (Å²) in [6.07, 6.45) is 0. The van der Waals surface area contributed by atoms with Gasteiger partial charge >= 0.3 is 0 Å². The number of anilines is 2. The number of rotatable bonds is 3. The summed E-state index contributed by atoms with van der Waals surface area (Å²) in [4.78, 5) is 4.69. The first-order chi connectivity index (χ1) is 8.97. The van der Waals surface area contributed by atoms with Crippen molar-refractivity contribution >= 4 is 34.6 Å². The van der Waals surface area contributed by atoms with E-state index in [2.05, 4.69) is 29.2 Å². The average molecular weight is 303 g/mol. The maximum absolute atomic E-state index is 6.17. The molecular weight excluding hydrogens is 283 g/mol. The molecule has 6 heteroatoms. The highest BCUT2D eigenvalue weighted by Crippen LogP contribution is 2.32. The molecule has 1 fully saturated rings. The largest absolute Gasteiger partial charge is 0.399 e. The van der Waals surface area contributed by atoms with Crippen molar-refractivity contribution < 1.29 is 0 Å². The van der Waals surface area contributed by atoms with E-state index < -0.39 is 0 Å². The molecule has 1 saturated heterocycles.